The van der Waals surface area contributed by atoms with Crippen LogP contribution in [0.15, 0.2) is 17.5 Å². The van der Waals surface area contributed by atoms with Crippen LogP contribution in [-0.2, 0) is 4.79 Å². The Morgan fingerprint density at radius 1 is 1.25 bits per heavy atom. The summed E-state index contributed by atoms with van der Waals surface area (Å²) in [6, 6.07) is 4.55. The minimum Gasteiger partial charge on any atom is -0.318 e. The standard InChI is InChI=1S/C16H24N2OS/c1-10-6-7-13(9-11(10)2)18-15(14-5-4-8-20-14)17-12(3)16(18)19/h4-5,8,10-13,15,17H,6-7,9H2,1-3H3. The zero-order chi connectivity index (χ0) is 14.3. The lowest BCUT2D eigenvalue weighted by molar-refractivity contribution is -0.133. The molecule has 0 aromatic carbocycles. The minimum atomic E-state index is -0.0586. The first-order valence-corrected chi connectivity index (χ1v) is 8.57. The van der Waals surface area contributed by atoms with Gasteiger partial charge in [0.25, 0.3) is 0 Å². The van der Waals surface area contributed by atoms with E-state index in [0.29, 0.717) is 12.0 Å². The Bertz CT molecular complexity index is 473. The molecule has 1 N–H and O–H groups in total. The third-order valence-corrected chi connectivity index (χ3v) is 6.01. The van der Waals surface area contributed by atoms with E-state index in [-0.39, 0.29) is 18.1 Å². The van der Waals surface area contributed by atoms with E-state index in [1.165, 1.54) is 11.3 Å². The van der Waals surface area contributed by atoms with E-state index in [4.69, 9.17) is 0 Å². The molecule has 1 amide bonds. The summed E-state index contributed by atoms with van der Waals surface area (Å²) < 4.78 is 0. The third-order valence-electron chi connectivity index (χ3n) is 5.09. The highest BCUT2D eigenvalue weighted by Gasteiger charge is 2.43. The van der Waals surface area contributed by atoms with Crippen molar-refractivity contribution in [3.05, 3.63) is 22.4 Å². The molecule has 2 heterocycles. The second-order valence-electron chi connectivity index (χ2n) is 6.47. The smallest absolute Gasteiger partial charge is 0.241 e. The molecule has 1 aromatic rings. The van der Waals surface area contributed by atoms with E-state index in [1.54, 1.807) is 11.3 Å². The Hall–Kier alpha value is -0.870. The number of carbonyl (C=O) groups is 1. The van der Waals surface area contributed by atoms with E-state index in [9.17, 15) is 4.79 Å². The van der Waals surface area contributed by atoms with Gasteiger partial charge in [-0.1, -0.05) is 19.9 Å². The van der Waals surface area contributed by atoms with Crippen LogP contribution >= 0.6 is 11.3 Å². The van der Waals surface area contributed by atoms with Crippen molar-refractivity contribution in [1.82, 2.24) is 10.2 Å². The summed E-state index contributed by atoms with van der Waals surface area (Å²) >= 11 is 1.74. The van der Waals surface area contributed by atoms with Crippen molar-refractivity contribution >= 4 is 17.2 Å². The van der Waals surface area contributed by atoms with Crippen molar-refractivity contribution in [3.8, 4) is 0 Å². The molecule has 3 nitrogen and oxygen atoms in total. The molecule has 1 saturated carbocycles. The SMILES string of the molecule is CC1NC(c2cccs2)N(C2CCC(C)C(C)C2)C1=O. The van der Waals surface area contributed by atoms with Gasteiger partial charge in [0.1, 0.15) is 6.17 Å². The van der Waals surface area contributed by atoms with Crippen LogP contribution < -0.4 is 5.32 Å². The van der Waals surface area contributed by atoms with Crippen molar-refractivity contribution in [2.24, 2.45) is 11.8 Å². The third kappa shape index (κ3) is 2.40. The number of rotatable bonds is 2. The Labute approximate surface area is 125 Å². The maximum absolute atomic E-state index is 12.6. The van der Waals surface area contributed by atoms with Crippen LogP contribution in [0.25, 0.3) is 0 Å². The fraction of sp³-hybridized carbons (Fsp3) is 0.688. The van der Waals surface area contributed by atoms with Crippen LogP contribution in [0.2, 0.25) is 0 Å². The van der Waals surface area contributed by atoms with Crippen molar-refractivity contribution in [3.63, 3.8) is 0 Å². The van der Waals surface area contributed by atoms with Gasteiger partial charge >= 0.3 is 0 Å². The van der Waals surface area contributed by atoms with E-state index in [2.05, 4.69) is 41.6 Å². The van der Waals surface area contributed by atoms with Crippen molar-refractivity contribution in [2.45, 2.75) is 58.3 Å². The highest BCUT2D eigenvalue weighted by atomic mass is 32.1. The Morgan fingerprint density at radius 2 is 2.05 bits per heavy atom. The van der Waals surface area contributed by atoms with E-state index in [0.717, 1.165) is 18.8 Å². The molecule has 4 heteroatoms. The van der Waals surface area contributed by atoms with Gasteiger partial charge < -0.3 is 4.90 Å². The normalized spacial score (nSPS) is 38.5. The number of hydrogen-bond donors (Lipinski definition) is 1. The largest absolute Gasteiger partial charge is 0.318 e. The van der Waals surface area contributed by atoms with Crippen LogP contribution in [-0.4, -0.2) is 22.9 Å². The Kier molecular flexibility index (Phi) is 3.87. The molecule has 0 radical (unpaired) electrons. The zero-order valence-corrected chi connectivity index (χ0v) is 13.3. The highest BCUT2D eigenvalue weighted by molar-refractivity contribution is 7.10. The number of thiophene rings is 1. The molecule has 2 aliphatic rings. The number of nitrogens with one attached hydrogen (secondary N) is 1. The lowest BCUT2D eigenvalue weighted by Crippen LogP contribution is -2.43. The molecule has 1 aromatic heterocycles. The average molecular weight is 292 g/mol. The number of carbonyl (C=O) groups excluding carboxylic acids is 1. The van der Waals surface area contributed by atoms with Crippen LogP contribution in [0.1, 0.15) is 51.1 Å². The molecule has 0 spiro atoms. The van der Waals surface area contributed by atoms with Gasteiger partial charge in [0, 0.05) is 10.9 Å². The van der Waals surface area contributed by atoms with E-state index >= 15 is 0 Å². The van der Waals surface area contributed by atoms with Crippen LogP contribution in [0, 0.1) is 11.8 Å². The van der Waals surface area contributed by atoms with Crippen molar-refractivity contribution in [1.29, 1.82) is 0 Å². The predicted molar refractivity (Wildman–Crippen MR) is 82.5 cm³/mol. The summed E-state index contributed by atoms with van der Waals surface area (Å²) in [5.74, 6) is 1.77. The fourth-order valence-corrected chi connectivity index (χ4v) is 4.35. The molecule has 1 saturated heterocycles. The van der Waals surface area contributed by atoms with Crippen LogP contribution in [0.3, 0.4) is 0 Å². The monoisotopic (exact) mass is 292 g/mol. The van der Waals surface area contributed by atoms with Gasteiger partial charge in [-0.3, -0.25) is 10.1 Å². The maximum Gasteiger partial charge on any atom is 0.241 e. The van der Waals surface area contributed by atoms with Gasteiger partial charge in [-0.25, -0.2) is 0 Å². The van der Waals surface area contributed by atoms with Crippen LogP contribution in [0.4, 0.5) is 0 Å². The summed E-state index contributed by atoms with van der Waals surface area (Å²) in [6.07, 6.45) is 3.61. The summed E-state index contributed by atoms with van der Waals surface area (Å²) in [5.41, 5.74) is 0. The quantitative estimate of drug-likeness (QED) is 0.906. The first kappa shape index (κ1) is 14.1. The highest BCUT2D eigenvalue weighted by Crippen LogP contribution is 2.38. The number of nitrogens with zero attached hydrogens (tertiary/aromatic N) is 1. The molecule has 1 aliphatic heterocycles. The topological polar surface area (TPSA) is 32.3 Å². The maximum atomic E-state index is 12.6. The van der Waals surface area contributed by atoms with Gasteiger partial charge in [-0.2, -0.15) is 0 Å². The van der Waals surface area contributed by atoms with Crippen molar-refractivity contribution < 1.29 is 4.79 Å². The van der Waals surface area contributed by atoms with Gasteiger partial charge in [-0.05, 0) is 49.5 Å². The first-order chi connectivity index (χ1) is 9.58. The molecular weight excluding hydrogens is 268 g/mol. The Morgan fingerprint density at radius 3 is 2.70 bits per heavy atom. The molecule has 5 atom stereocenters. The van der Waals surface area contributed by atoms with Gasteiger partial charge in [0.05, 0.1) is 6.04 Å². The summed E-state index contributed by atoms with van der Waals surface area (Å²) in [6.45, 7) is 6.65. The molecule has 110 valence electrons. The molecule has 1 aliphatic carbocycles. The Balaban J connectivity index is 1.83. The fourth-order valence-electron chi connectivity index (χ4n) is 3.57. The number of amides is 1. The number of hydrogen-bond acceptors (Lipinski definition) is 3. The lowest BCUT2D eigenvalue weighted by atomic mass is 9.78. The van der Waals surface area contributed by atoms with Gasteiger partial charge in [0.15, 0.2) is 0 Å². The van der Waals surface area contributed by atoms with Crippen LogP contribution in [0.5, 0.6) is 0 Å². The molecule has 20 heavy (non-hydrogen) atoms. The molecule has 5 unspecified atom stereocenters. The first-order valence-electron chi connectivity index (χ1n) is 7.69. The summed E-state index contributed by atoms with van der Waals surface area (Å²) in [4.78, 5) is 16.0. The molecule has 2 fully saturated rings. The molecule has 3 rings (SSSR count). The second kappa shape index (κ2) is 5.49. The van der Waals surface area contributed by atoms with Gasteiger partial charge in [-0.15, -0.1) is 11.3 Å². The average Bonchev–Trinajstić information content (AvgIpc) is 3.03. The van der Waals surface area contributed by atoms with Crippen molar-refractivity contribution in [2.75, 3.05) is 0 Å². The molecule has 0 bridgehead atoms. The second-order valence-corrected chi connectivity index (χ2v) is 7.45. The summed E-state index contributed by atoms with van der Waals surface area (Å²) in [5, 5.41) is 5.56. The van der Waals surface area contributed by atoms with Gasteiger partial charge in [0.2, 0.25) is 5.91 Å². The molecular formula is C16H24N2OS. The predicted octanol–water partition coefficient (Wildman–Crippen LogP) is 3.39. The van der Waals surface area contributed by atoms with E-state index in [1.807, 2.05) is 6.92 Å². The minimum absolute atomic E-state index is 0.0586. The lowest BCUT2D eigenvalue weighted by Gasteiger charge is -2.39. The van der Waals surface area contributed by atoms with E-state index < -0.39 is 0 Å². The zero-order valence-electron chi connectivity index (χ0n) is 12.5. The summed E-state index contributed by atoms with van der Waals surface area (Å²) in [7, 11) is 0.